The minimum atomic E-state index is -0.704. The van der Waals surface area contributed by atoms with Gasteiger partial charge in [0.25, 0.3) is 0 Å². The van der Waals surface area contributed by atoms with Crippen LogP contribution >= 0.6 is 0 Å². The Bertz CT molecular complexity index is 436. The fraction of sp³-hybridized carbons (Fsp3) is 0.462. The lowest BCUT2D eigenvalue weighted by atomic mass is 10.3. The van der Waals surface area contributed by atoms with Gasteiger partial charge in [0.1, 0.15) is 12.4 Å². The summed E-state index contributed by atoms with van der Waals surface area (Å²) >= 11 is 0. The molecule has 0 saturated carbocycles. The Hall–Kier alpha value is -1.85. The van der Waals surface area contributed by atoms with Crippen LogP contribution in [0.15, 0.2) is 23.2 Å². The maximum absolute atomic E-state index is 13.3. The van der Waals surface area contributed by atoms with E-state index in [1.54, 1.807) is 7.05 Å². The lowest BCUT2D eigenvalue weighted by Gasteiger charge is -2.14. The first-order valence-corrected chi connectivity index (χ1v) is 6.08. The van der Waals surface area contributed by atoms with Gasteiger partial charge < -0.3 is 15.4 Å². The van der Waals surface area contributed by atoms with E-state index >= 15 is 0 Å². The summed E-state index contributed by atoms with van der Waals surface area (Å²) in [6.45, 7) is 4.71. The number of halogens is 2. The molecule has 0 saturated heterocycles. The molecule has 2 N–H and O–H groups in total. The molecule has 0 amide bonds. The van der Waals surface area contributed by atoms with Gasteiger partial charge >= 0.3 is 0 Å². The average Bonchev–Trinajstić information content (AvgIpc) is 2.34. The molecule has 0 unspecified atom stereocenters. The van der Waals surface area contributed by atoms with Crippen molar-refractivity contribution in [2.75, 3.05) is 20.2 Å². The van der Waals surface area contributed by atoms with Crippen LogP contribution in [0.3, 0.4) is 0 Å². The second kappa shape index (κ2) is 7.56. The lowest BCUT2D eigenvalue weighted by Crippen LogP contribution is -2.42. The van der Waals surface area contributed by atoms with Crippen molar-refractivity contribution in [1.82, 2.24) is 10.6 Å². The summed E-state index contributed by atoms with van der Waals surface area (Å²) < 4.78 is 31.1. The van der Waals surface area contributed by atoms with Crippen molar-refractivity contribution in [3.63, 3.8) is 0 Å². The highest BCUT2D eigenvalue weighted by Crippen LogP contribution is 2.17. The van der Waals surface area contributed by atoms with E-state index in [0.29, 0.717) is 12.5 Å². The predicted molar refractivity (Wildman–Crippen MR) is 71.5 cm³/mol. The molecule has 4 nitrogen and oxygen atoms in total. The molecule has 1 aromatic carbocycles. The molecular formula is C13H19F2N3O. The van der Waals surface area contributed by atoms with Crippen LogP contribution in [0.2, 0.25) is 0 Å². The van der Waals surface area contributed by atoms with Gasteiger partial charge in [0.15, 0.2) is 17.5 Å². The van der Waals surface area contributed by atoms with Gasteiger partial charge in [-0.2, -0.15) is 0 Å². The van der Waals surface area contributed by atoms with Gasteiger partial charge in [0.2, 0.25) is 0 Å². The fourth-order valence-corrected chi connectivity index (χ4v) is 1.39. The Morgan fingerprint density at radius 1 is 1.37 bits per heavy atom. The van der Waals surface area contributed by atoms with E-state index in [2.05, 4.69) is 15.6 Å². The predicted octanol–water partition coefficient (Wildman–Crippen LogP) is 1.92. The molecule has 0 heterocycles. The summed E-state index contributed by atoms with van der Waals surface area (Å²) in [6, 6.07) is 3.49. The van der Waals surface area contributed by atoms with Crippen LogP contribution < -0.4 is 15.4 Å². The smallest absolute Gasteiger partial charge is 0.191 e. The molecule has 0 bridgehead atoms. The molecule has 0 spiro atoms. The summed E-state index contributed by atoms with van der Waals surface area (Å²) in [5.41, 5.74) is 0. The highest BCUT2D eigenvalue weighted by atomic mass is 19.1. The van der Waals surface area contributed by atoms with E-state index in [1.807, 2.05) is 13.8 Å². The maximum Gasteiger partial charge on any atom is 0.191 e. The van der Waals surface area contributed by atoms with Gasteiger partial charge in [0.05, 0.1) is 6.54 Å². The summed E-state index contributed by atoms with van der Waals surface area (Å²) in [5, 5.41) is 6.13. The molecule has 1 rings (SSSR count). The van der Waals surface area contributed by atoms with Crippen molar-refractivity contribution in [2.45, 2.75) is 19.9 Å². The SMILES string of the molecule is CN=C(NCCOc1ccc(F)cc1F)NC(C)C. The molecule has 0 radical (unpaired) electrons. The fourth-order valence-electron chi connectivity index (χ4n) is 1.39. The third-order valence-electron chi connectivity index (χ3n) is 2.19. The van der Waals surface area contributed by atoms with Crippen LogP contribution in [0, 0.1) is 11.6 Å². The van der Waals surface area contributed by atoms with Crippen molar-refractivity contribution in [3.8, 4) is 5.75 Å². The zero-order valence-corrected chi connectivity index (χ0v) is 11.3. The first kappa shape index (κ1) is 15.2. The zero-order valence-electron chi connectivity index (χ0n) is 11.3. The molecule has 0 aromatic heterocycles. The van der Waals surface area contributed by atoms with Crippen molar-refractivity contribution in [1.29, 1.82) is 0 Å². The molecule has 0 atom stereocenters. The molecule has 19 heavy (non-hydrogen) atoms. The highest BCUT2D eigenvalue weighted by molar-refractivity contribution is 5.79. The molecule has 0 aliphatic heterocycles. The van der Waals surface area contributed by atoms with Gasteiger partial charge in [-0.25, -0.2) is 8.78 Å². The van der Waals surface area contributed by atoms with Gasteiger partial charge in [-0.1, -0.05) is 0 Å². The first-order chi connectivity index (χ1) is 9.02. The van der Waals surface area contributed by atoms with Crippen molar-refractivity contribution in [3.05, 3.63) is 29.8 Å². The lowest BCUT2D eigenvalue weighted by molar-refractivity contribution is 0.304. The Kier molecular flexibility index (Phi) is 6.05. The van der Waals surface area contributed by atoms with Gasteiger partial charge in [-0.3, -0.25) is 4.99 Å². The zero-order chi connectivity index (χ0) is 14.3. The number of ether oxygens (including phenoxy) is 1. The number of aliphatic imine (C=N–C) groups is 1. The Morgan fingerprint density at radius 2 is 2.11 bits per heavy atom. The molecule has 6 heteroatoms. The molecule has 0 fully saturated rings. The van der Waals surface area contributed by atoms with E-state index in [0.717, 1.165) is 12.1 Å². The average molecular weight is 271 g/mol. The van der Waals surface area contributed by atoms with Crippen molar-refractivity contribution >= 4 is 5.96 Å². The maximum atomic E-state index is 13.3. The number of rotatable bonds is 5. The number of hydrogen-bond donors (Lipinski definition) is 2. The van der Waals surface area contributed by atoms with E-state index in [1.165, 1.54) is 6.07 Å². The molecule has 1 aromatic rings. The topological polar surface area (TPSA) is 45.7 Å². The van der Waals surface area contributed by atoms with Gasteiger partial charge in [0, 0.05) is 19.2 Å². The Morgan fingerprint density at radius 3 is 2.68 bits per heavy atom. The number of nitrogens with one attached hydrogen (secondary N) is 2. The monoisotopic (exact) mass is 271 g/mol. The normalized spacial score (nSPS) is 11.6. The Labute approximate surface area is 111 Å². The van der Waals surface area contributed by atoms with Crippen LogP contribution in [-0.2, 0) is 0 Å². The summed E-state index contributed by atoms with van der Waals surface area (Å²) in [7, 11) is 1.66. The summed E-state index contributed by atoms with van der Waals surface area (Å²) in [4.78, 5) is 4.02. The minimum absolute atomic E-state index is 0.0370. The van der Waals surface area contributed by atoms with Crippen LogP contribution in [0.5, 0.6) is 5.75 Å². The quantitative estimate of drug-likeness (QED) is 0.488. The van der Waals surface area contributed by atoms with E-state index < -0.39 is 11.6 Å². The van der Waals surface area contributed by atoms with Crippen molar-refractivity contribution < 1.29 is 13.5 Å². The van der Waals surface area contributed by atoms with E-state index in [-0.39, 0.29) is 18.4 Å². The molecule has 0 aliphatic rings. The highest BCUT2D eigenvalue weighted by Gasteiger charge is 2.05. The summed E-state index contributed by atoms with van der Waals surface area (Å²) in [5.74, 6) is -0.637. The van der Waals surface area contributed by atoms with E-state index in [4.69, 9.17) is 4.74 Å². The van der Waals surface area contributed by atoms with Gasteiger partial charge in [-0.05, 0) is 26.0 Å². The number of hydrogen-bond acceptors (Lipinski definition) is 2. The van der Waals surface area contributed by atoms with Gasteiger partial charge in [-0.15, -0.1) is 0 Å². The third-order valence-corrected chi connectivity index (χ3v) is 2.19. The molecule has 0 aliphatic carbocycles. The largest absolute Gasteiger partial charge is 0.489 e. The Balaban J connectivity index is 2.34. The van der Waals surface area contributed by atoms with Crippen molar-refractivity contribution in [2.24, 2.45) is 4.99 Å². The molecular weight excluding hydrogens is 252 g/mol. The number of nitrogens with zero attached hydrogens (tertiary/aromatic N) is 1. The van der Waals surface area contributed by atoms with Crippen LogP contribution in [0.25, 0.3) is 0 Å². The standard InChI is InChI=1S/C13H19F2N3O/c1-9(2)18-13(16-3)17-6-7-19-12-5-4-10(14)8-11(12)15/h4-5,8-9H,6-7H2,1-3H3,(H2,16,17,18). The minimum Gasteiger partial charge on any atom is -0.489 e. The number of benzene rings is 1. The molecule has 106 valence electrons. The summed E-state index contributed by atoms with van der Waals surface area (Å²) in [6.07, 6.45) is 0. The second-order valence-corrected chi connectivity index (χ2v) is 4.22. The first-order valence-electron chi connectivity index (χ1n) is 6.08. The number of guanidine groups is 1. The van der Waals surface area contributed by atoms with E-state index in [9.17, 15) is 8.78 Å². The van der Waals surface area contributed by atoms with Crippen LogP contribution in [-0.4, -0.2) is 32.2 Å². The third kappa shape index (κ3) is 5.54. The second-order valence-electron chi connectivity index (χ2n) is 4.22. The van der Waals surface area contributed by atoms with Crippen LogP contribution in [0.1, 0.15) is 13.8 Å². The van der Waals surface area contributed by atoms with Crippen LogP contribution in [0.4, 0.5) is 8.78 Å².